The third-order valence-corrected chi connectivity index (χ3v) is 3.87. The minimum Gasteiger partial charge on any atom is -0.338 e. The zero-order valence-corrected chi connectivity index (χ0v) is 12.2. The summed E-state index contributed by atoms with van der Waals surface area (Å²) in [4.78, 5) is 14.1. The lowest BCUT2D eigenvalue weighted by molar-refractivity contribution is 0.194. The maximum atomic E-state index is 12.1. The molecule has 1 aliphatic carbocycles. The molecule has 0 aromatic heterocycles. The number of nitrogens with zero attached hydrogens (tertiary/aromatic N) is 1. The van der Waals surface area contributed by atoms with Crippen LogP contribution in [-0.4, -0.2) is 30.6 Å². The van der Waals surface area contributed by atoms with Crippen molar-refractivity contribution in [3.05, 3.63) is 0 Å². The van der Waals surface area contributed by atoms with Crippen molar-refractivity contribution in [3.63, 3.8) is 0 Å². The highest BCUT2D eigenvalue weighted by Gasteiger charge is 2.17. The minimum atomic E-state index is 0.156. The van der Waals surface area contributed by atoms with Crippen LogP contribution in [0.2, 0.25) is 0 Å². The molecule has 0 bridgehead atoms. The Balaban J connectivity index is 2.27. The molecule has 3 nitrogen and oxygen atoms in total. The summed E-state index contributed by atoms with van der Waals surface area (Å²) < 4.78 is 0. The van der Waals surface area contributed by atoms with E-state index in [4.69, 9.17) is 0 Å². The molecule has 0 atom stereocenters. The second kappa shape index (κ2) is 9.23. The van der Waals surface area contributed by atoms with Gasteiger partial charge in [-0.15, -0.1) is 0 Å². The van der Waals surface area contributed by atoms with Gasteiger partial charge in [0.2, 0.25) is 0 Å². The second-order valence-corrected chi connectivity index (χ2v) is 5.53. The van der Waals surface area contributed by atoms with Gasteiger partial charge in [-0.05, 0) is 31.6 Å². The van der Waals surface area contributed by atoms with Crippen molar-refractivity contribution in [2.24, 2.45) is 5.92 Å². The fraction of sp³-hybridized carbons (Fsp3) is 0.933. The SMILES string of the molecule is CCCCN(CCCC)C(=O)NCC1CCCC1. The second-order valence-electron chi connectivity index (χ2n) is 5.53. The molecular weight excluding hydrogens is 224 g/mol. The van der Waals surface area contributed by atoms with Gasteiger partial charge in [0.15, 0.2) is 0 Å². The molecule has 0 spiro atoms. The van der Waals surface area contributed by atoms with E-state index in [0.717, 1.165) is 51.2 Å². The van der Waals surface area contributed by atoms with Crippen LogP contribution in [0.3, 0.4) is 0 Å². The van der Waals surface area contributed by atoms with Gasteiger partial charge in [-0.1, -0.05) is 39.5 Å². The first-order valence-corrected chi connectivity index (χ1v) is 7.80. The Kier molecular flexibility index (Phi) is 7.86. The summed E-state index contributed by atoms with van der Waals surface area (Å²) in [5.74, 6) is 0.730. The van der Waals surface area contributed by atoms with Crippen LogP contribution >= 0.6 is 0 Å². The number of hydrogen-bond donors (Lipinski definition) is 1. The zero-order valence-electron chi connectivity index (χ0n) is 12.2. The first-order valence-electron chi connectivity index (χ1n) is 7.80. The maximum absolute atomic E-state index is 12.1. The topological polar surface area (TPSA) is 32.3 Å². The van der Waals surface area contributed by atoms with Gasteiger partial charge in [-0.2, -0.15) is 0 Å². The molecule has 0 radical (unpaired) electrons. The molecule has 3 heteroatoms. The van der Waals surface area contributed by atoms with Gasteiger partial charge in [0.05, 0.1) is 0 Å². The van der Waals surface area contributed by atoms with Crippen LogP contribution in [0.25, 0.3) is 0 Å². The standard InChI is InChI=1S/C15H30N2O/c1-3-5-11-17(12-6-4-2)15(18)16-13-14-9-7-8-10-14/h14H,3-13H2,1-2H3,(H,16,18). The van der Waals surface area contributed by atoms with Gasteiger partial charge in [-0.25, -0.2) is 4.79 Å². The Morgan fingerprint density at radius 3 is 2.17 bits per heavy atom. The zero-order chi connectivity index (χ0) is 13.2. The summed E-state index contributed by atoms with van der Waals surface area (Å²) in [6.45, 7) is 7.05. The average molecular weight is 254 g/mol. The lowest BCUT2D eigenvalue weighted by Crippen LogP contribution is -2.42. The molecule has 106 valence electrons. The van der Waals surface area contributed by atoms with Crippen molar-refractivity contribution in [2.75, 3.05) is 19.6 Å². The number of hydrogen-bond acceptors (Lipinski definition) is 1. The van der Waals surface area contributed by atoms with E-state index in [1.54, 1.807) is 0 Å². The molecule has 1 N–H and O–H groups in total. The first-order chi connectivity index (χ1) is 8.77. The number of unbranched alkanes of at least 4 members (excludes halogenated alkanes) is 2. The van der Waals surface area contributed by atoms with Gasteiger partial charge < -0.3 is 10.2 Å². The molecular formula is C15H30N2O. The third kappa shape index (κ3) is 5.74. The number of carbonyl (C=O) groups is 1. The summed E-state index contributed by atoms with van der Waals surface area (Å²) in [5, 5.41) is 3.13. The maximum Gasteiger partial charge on any atom is 0.317 e. The van der Waals surface area contributed by atoms with E-state index in [1.807, 2.05) is 4.90 Å². The van der Waals surface area contributed by atoms with E-state index in [-0.39, 0.29) is 6.03 Å². The monoisotopic (exact) mass is 254 g/mol. The summed E-state index contributed by atoms with van der Waals surface area (Å²) in [7, 11) is 0. The predicted molar refractivity (Wildman–Crippen MR) is 76.7 cm³/mol. The number of urea groups is 1. The van der Waals surface area contributed by atoms with Crippen molar-refractivity contribution < 1.29 is 4.79 Å². The van der Waals surface area contributed by atoms with E-state index in [2.05, 4.69) is 19.2 Å². The number of carbonyl (C=O) groups excluding carboxylic acids is 1. The van der Waals surface area contributed by atoms with Crippen LogP contribution in [0.4, 0.5) is 4.79 Å². The fourth-order valence-corrected chi connectivity index (χ4v) is 2.57. The minimum absolute atomic E-state index is 0.156. The third-order valence-electron chi connectivity index (χ3n) is 3.87. The van der Waals surface area contributed by atoms with Gasteiger partial charge in [0.25, 0.3) is 0 Å². The van der Waals surface area contributed by atoms with Crippen molar-refractivity contribution in [1.82, 2.24) is 10.2 Å². The highest BCUT2D eigenvalue weighted by molar-refractivity contribution is 5.74. The van der Waals surface area contributed by atoms with Crippen LogP contribution in [0.1, 0.15) is 65.2 Å². The Hall–Kier alpha value is -0.730. The molecule has 1 saturated carbocycles. The summed E-state index contributed by atoms with van der Waals surface area (Å²) in [5.41, 5.74) is 0. The van der Waals surface area contributed by atoms with Gasteiger partial charge in [0.1, 0.15) is 0 Å². The normalized spacial score (nSPS) is 15.9. The molecule has 0 unspecified atom stereocenters. The molecule has 1 rings (SSSR count). The summed E-state index contributed by atoms with van der Waals surface area (Å²) >= 11 is 0. The van der Waals surface area contributed by atoms with Crippen LogP contribution in [0.5, 0.6) is 0 Å². The number of amides is 2. The van der Waals surface area contributed by atoms with Crippen LogP contribution in [0.15, 0.2) is 0 Å². The van der Waals surface area contributed by atoms with E-state index < -0.39 is 0 Å². The van der Waals surface area contributed by atoms with Crippen LogP contribution in [0, 0.1) is 5.92 Å². The van der Waals surface area contributed by atoms with Crippen molar-refractivity contribution in [3.8, 4) is 0 Å². The van der Waals surface area contributed by atoms with Gasteiger partial charge in [-0.3, -0.25) is 0 Å². The Morgan fingerprint density at radius 1 is 1.11 bits per heavy atom. The quantitative estimate of drug-likeness (QED) is 0.702. The molecule has 2 amide bonds. The van der Waals surface area contributed by atoms with Crippen molar-refractivity contribution in [1.29, 1.82) is 0 Å². The molecule has 0 saturated heterocycles. The number of rotatable bonds is 8. The lowest BCUT2D eigenvalue weighted by Gasteiger charge is -2.23. The largest absolute Gasteiger partial charge is 0.338 e. The van der Waals surface area contributed by atoms with E-state index in [1.165, 1.54) is 25.7 Å². The summed E-state index contributed by atoms with van der Waals surface area (Å²) in [6.07, 6.45) is 9.80. The van der Waals surface area contributed by atoms with Crippen LogP contribution in [-0.2, 0) is 0 Å². The van der Waals surface area contributed by atoms with Gasteiger partial charge >= 0.3 is 6.03 Å². The van der Waals surface area contributed by atoms with Crippen LogP contribution < -0.4 is 5.32 Å². The molecule has 0 aliphatic heterocycles. The molecule has 0 aromatic rings. The molecule has 1 fully saturated rings. The predicted octanol–water partition coefficient (Wildman–Crippen LogP) is 3.79. The average Bonchev–Trinajstić information content (AvgIpc) is 2.89. The highest BCUT2D eigenvalue weighted by Crippen LogP contribution is 2.23. The lowest BCUT2D eigenvalue weighted by atomic mass is 10.1. The Labute approximate surface area is 112 Å². The molecule has 1 aliphatic rings. The van der Waals surface area contributed by atoms with E-state index >= 15 is 0 Å². The van der Waals surface area contributed by atoms with Gasteiger partial charge in [0, 0.05) is 19.6 Å². The molecule has 0 heterocycles. The molecule has 0 aromatic carbocycles. The summed E-state index contributed by atoms with van der Waals surface area (Å²) in [6, 6.07) is 0.156. The Bertz CT molecular complexity index is 217. The molecule has 18 heavy (non-hydrogen) atoms. The van der Waals surface area contributed by atoms with E-state index in [9.17, 15) is 4.79 Å². The smallest absolute Gasteiger partial charge is 0.317 e. The number of nitrogens with one attached hydrogen (secondary N) is 1. The van der Waals surface area contributed by atoms with E-state index in [0.29, 0.717) is 0 Å². The first kappa shape index (κ1) is 15.3. The fourth-order valence-electron chi connectivity index (χ4n) is 2.57. The van der Waals surface area contributed by atoms with Crippen molar-refractivity contribution in [2.45, 2.75) is 65.2 Å². The Morgan fingerprint density at radius 2 is 1.67 bits per heavy atom. The highest BCUT2D eigenvalue weighted by atomic mass is 16.2. The van der Waals surface area contributed by atoms with Crippen molar-refractivity contribution >= 4 is 6.03 Å².